The number of anilines is 2. The topological polar surface area (TPSA) is 105 Å². The van der Waals surface area contributed by atoms with Gasteiger partial charge in [-0.25, -0.2) is 17.9 Å². The van der Waals surface area contributed by atoms with E-state index in [4.69, 9.17) is 16.3 Å². The van der Waals surface area contributed by atoms with Crippen LogP contribution < -0.4 is 14.9 Å². The van der Waals surface area contributed by atoms with Crippen LogP contribution in [0.3, 0.4) is 0 Å². The summed E-state index contributed by atoms with van der Waals surface area (Å²) in [7, 11) is -2.51. The monoisotopic (exact) mass is 467 g/mol. The lowest BCUT2D eigenvalue weighted by atomic mass is 10.2. The largest absolute Gasteiger partial charge is 0.452 e. The Hall–Kier alpha value is -2.62. The second kappa shape index (κ2) is 10.6. The molecule has 0 aromatic heterocycles. The zero-order valence-corrected chi connectivity index (χ0v) is 19.4. The molecule has 0 bridgehead atoms. The number of benzene rings is 2. The van der Waals surface area contributed by atoms with Gasteiger partial charge in [0.15, 0.2) is 6.61 Å². The Kier molecular flexibility index (Phi) is 8.43. The third-order valence-corrected chi connectivity index (χ3v) is 6.26. The first-order valence-electron chi connectivity index (χ1n) is 9.65. The minimum absolute atomic E-state index is 0.0154. The summed E-state index contributed by atoms with van der Waals surface area (Å²) in [4.78, 5) is 26.5. The van der Waals surface area contributed by atoms with Crippen molar-refractivity contribution < 1.29 is 22.7 Å². The average molecular weight is 468 g/mol. The number of nitrogens with one attached hydrogen (secondary N) is 2. The number of sulfonamides is 1. The lowest BCUT2D eigenvalue weighted by Gasteiger charge is -2.27. The maximum atomic E-state index is 12.3. The van der Waals surface area contributed by atoms with Crippen LogP contribution in [-0.4, -0.2) is 46.5 Å². The van der Waals surface area contributed by atoms with Gasteiger partial charge in [0.2, 0.25) is 10.0 Å². The van der Waals surface area contributed by atoms with Gasteiger partial charge in [-0.2, -0.15) is 0 Å². The molecule has 1 amide bonds. The van der Waals surface area contributed by atoms with Crippen molar-refractivity contribution in [1.82, 2.24) is 4.72 Å². The molecule has 2 aromatic carbocycles. The molecule has 0 saturated carbocycles. The number of hydrogen-bond donors (Lipinski definition) is 2. The normalized spacial score (nSPS) is 11.3. The smallest absolute Gasteiger partial charge is 0.340 e. The van der Waals surface area contributed by atoms with Crippen LogP contribution in [0.1, 0.15) is 31.1 Å². The molecule has 2 aromatic rings. The summed E-state index contributed by atoms with van der Waals surface area (Å²) < 4.78 is 31.0. The molecule has 8 nitrogen and oxygen atoms in total. The molecule has 10 heteroatoms. The van der Waals surface area contributed by atoms with Gasteiger partial charge in [0.25, 0.3) is 5.91 Å². The molecule has 0 spiro atoms. The highest BCUT2D eigenvalue weighted by molar-refractivity contribution is 7.89. The van der Waals surface area contributed by atoms with E-state index in [1.54, 1.807) is 12.1 Å². The van der Waals surface area contributed by atoms with Crippen molar-refractivity contribution in [2.45, 2.75) is 31.7 Å². The Balaban J connectivity index is 2.00. The molecule has 0 aliphatic rings. The van der Waals surface area contributed by atoms with Gasteiger partial charge in [-0.1, -0.05) is 11.6 Å². The number of ether oxygens (including phenoxy) is 1. The first-order chi connectivity index (χ1) is 14.6. The number of carbonyl (C=O) groups is 2. The Bertz CT molecular complexity index is 1040. The van der Waals surface area contributed by atoms with E-state index in [1.807, 2.05) is 12.1 Å². The summed E-state index contributed by atoms with van der Waals surface area (Å²) in [5, 5.41) is 2.66. The van der Waals surface area contributed by atoms with E-state index < -0.39 is 28.5 Å². The highest BCUT2D eigenvalue weighted by atomic mass is 35.5. The van der Waals surface area contributed by atoms with Crippen molar-refractivity contribution in [2.24, 2.45) is 0 Å². The van der Waals surface area contributed by atoms with Gasteiger partial charge < -0.3 is 15.0 Å². The van der Waals surface area contributed by atoms with Crippen LogP contribution in [0.4, 0.5) is 11.4 Å². The second-order valence-electron chi connectivity index (χ2n) is 6.90. The number of amides is 1. The fraction of sp³-hybridized carbons (Fsp3) is 0.333. The maximum absolute atomic E-state index is 12.3. The zero-order valence-electron chi connectivity index (χ0n) is 17.8. The molecule has 0 aliphatic heterocycles. The SMILES string of the molecule is CCN(c1ccc(NC(=O)COC(=O)c2cc(S(=O)(=O)NC)ccc2Cl)cc1)C(C)C. The molecule has 2 rings (SSSR count). The van der Waals surface area contributed by atoms with Crippen LogP contribution in [-0.2, 0) is 19.6 Å². The summed E-state index contributed by atoms with van der Waals surface area (Å²) >= 11 is 5.98. The molecule has 168 valence electrons. The lowest BCUT2D eigenvalue weighted by Crippen LogP contribution is -2.30. The van der Waals surface area contributed by atoms with E-state index >= 15 is 0 Å². The van der Waals surface area contributed by atoms with Gasteiger partial charge in [-0.3, -0.25) is 4.79 Å². The Morgan fingerprint density at radius 1 is 1.13 bits per heavy atom. The molecular formula is C21H26ClN3O5S. The number of rotatable bonds is 9. The number of nitrogens with zero attached hydrogens (tertiary/aromatic N) is 1. The average Bonchev–Trinajstić information content (AvgIpc) is 2.73. The van der Waals surface area contributed by atoms with Crippen molar-refractivity contribution >= 4 is 44.9 Å². The molecular weight excluding hydrogens is 442 g/mol. The minimum atomic E-state index is -3.76. The predicted octanol–water partition coefficient (Wildman–Crippen LogP) is 3.28. The minimum Gasteiger partial charge on any atom is -0.452 e. The molecule has 0 saturated heterocycles. The zero-order chi connectivity index (χ0) is 23.2. The fourth-order valence-electron chi connectivity index (χ4n) is 2.93. The molecule has 0 radical (unpaired) electrons. The molecule has 0 unspecified atom stereocenters. The number of carbonyl (C=O) groups excluding carboxylic acids is 2. The van der Waals surface area contributed by atoms with E-state index in [1.165, 1.54) is 19.2 Å². The van der Waals surface area contributed by atoms with E-state index in [2.05, 4.69) is 35.7 Å². The maximum Gasteiger partial charge on any atom is 0.340 e. The van der Waals surface area contributed by atoms with Crippen molar-refractivity contribution in [1.29, 1.82) is 0 Å². The van der Waals surface area contributed by atoms with Crippen LogP contribution in [0.15, 0.2) is 47.4 Å². The first kappa shape index (κ1) is 24.6. The number of esters is 1. The highest BCUT2D eigenvalue weighted by Crippen LogP contribution is 2.22. The third kappa shape index (κ3) is 6.43. The summed E-state index contributed by atoms with van der Waals surface area (Å²) in [6.45, 7) is 6.58. The molecule has 31 heavy (non-hydrogen) atoms. The van der Waals surface area contributed by atoms with Crippen LogP contribution >= 0.6 is 11.6 Å². The number of halogens is 1. The fourth-order valence-corrected chi connectivity index (χ4v) is 3.88. The van der Waals surface area contributed by atoms with Crippen molar-refractivity contribution in [3.63, 3.8) is 0 Å². The quantitative estimate of drug-likeness (QED) is 0.548. The first-order valence-corrected chi connectivity index (χ1v) is 11.5. The number of hydrogen-bond acceptors (Lipinski definition) is 6. The van der Waals surface area contributed by atoms with Gasteiger partial charge in [0.1, 0.15) is 0 Å². The van der Waals surface area contributed by atoms with Crippen LogP contribution in [0.5, 0.6) is 0 Å². The molecule has 0 atom stereocenters. The lowest BCUT2D eigenvalue weighted by molar-refractivity contribution is -0.119. The van der Waals surface area contributed by atoms with Crippen LogP contribution in [0, 0.1) is 0 Å². The standard InChI is InChI=1S/C21H26ClN3O5S/c1-5-25(14(2)3)16-8-6-15(7-9-16)24-20(26)13-30-21(27)18-12-17(10-11-19(18)22)31(28,29)23-4/h6-12,14,23H,5,13H2,1-4H3,(H,24,26). The predicted molar refractivity (Wildman–Crippen MR) is 121 cm³/mol. The van der Waals surface area contributed by atoms with Gasteiger partial charge in [-0.05, 0) is 70.3 Å². The molecule has 0 fully saturated rings. The summed E-state index contributed by atoms with van der Waals surface area (Å²) in [5.41, 5.74) is 1.45. The van der Waals surface area contributed by atoms with E-state index in [9.17, 15) is 18.0 Å². The van der Waals surface area contributed by atoms with Crippen molar-refractivity contribution in [3.8, 4) is 0 Å². The molecule has 2 N–H and O–H groups in total. The van der Waals surface area contributed by atoms with E-state index in [-0.39, 0.29) is 15.5 Å². The van der Waals surface area contributed by atoms with Crippen molar-refractivity contribution in [2.75, 3.05) is 30.4 Å². The Morgan fingerprint density at radius 3 is 2.32 bits per heavy atom. The van der Waals surface area contributed by atoms with Crippen LogP contribution in [0.2, 0.25) is 5.02 Å². The van der Waals surface area contributed by atoms with Crippen molar-refractivity contribution in [3.05, 3.63) is 53.1 Å². The van der Waals surface area contributed by atoms with Gasteiger partial charge >= 0.3 is 5.97 Å². The third-order valence-electron chi connectivity index (χ3n) is 4.52. The van der Waals surface area contributed by atoms with Gasteiger partial charge in [-0.15, -0.1) is 0 Å². The van der Waals surface area contributed by atoms with Gasteiger partial charge in [0.05, 0.1) is 15.5 Å². The second-order valence-corrected chi connectivity index (χ2v) is 9.19. The Morgan fingerprint density at radius 2 is 1.77 bits per heavy atom. The van der Waals surface area contributed by atoms with E-state index in [0.717, 1.165) is 18.3 Å². The molecule has 0 heterocycles. The van der Waals surface area contributed by atoms with Crippen LogP contribution in [0.25, 0.3) is 0 Å². The van der Waals surface area contributed by atoms with E-state index in [0.29, 0.717) is 11.7 Å². The summed E-state index contributed by atoms with van der Waals surface area (Å²) in [6.07, 6.45) is 0. The Labute approximate surface area is 187 Å². The summed E-state index contributed by atoms with van der Waals surface area (Å²) in [5.74, 6) is -1.44. The summed E-state index contributed by atoms with van der Waals surface area (Å²) in [6, 6.07) is 11.3. The molecule has 0 aliphatic carbocycles. The highest BCUT2D eigenvalue weighted by Gasteiger charge is 2.19. The van der Waals surface area contributed by atoms with Gasteiger partial charge in [0, 0.05) is 24.0 Å².